The Hall–Kier alpha value is -1.60. The first kappa shape index (κ1) is 37.4. The largest absolute Gasteiger partial charge is 0.320 e. The van der Waals surface area contributed by atoms with Crippen molar-refractivity contribution in [1.29, 1.82) is 0 Å². The van der Waals surface area contributed by atoms with E-state index in [-0.39, 0.29) is 0 Å². The van der Waals surface area contributed by atoms with Crippen molar-refractivity contribution in [2.45, 2.75) is 162 Å². The predicted octanol–water partition coefficient (Wildman–Crippen LogP) is 12.9. The van der Waals surface area contributed by atoms with Gasteiger partial charge in [0.15, 0.2) is 0 Å². The van der Waals surface area contributed by atoms with Gasteiger partial charge in [0.2, 0.25) is 0 Å². The van der Waals surface area contributed by atoms with Crippen LogP contribution in [0.25, 0.3) is 0 Å². The van der Waals surface area contributed by atoms with Gasteiger partial charge < -0.3 is 4.48 Å². The summed E-state index contributed by atoms with van der Waals surface area (Å²) in [5, 5.41) is 0. The first-order valence-corrected chi connectivity index (χ1v) is 18.1. The van der Waals surface area contributed by atoms with Gasteiger partial charge in [-0.1, -0.05) is 126 Å². The molecule has 0 N–H and O–H groups in total. The van der Waals surface area contributed by atoms with E-state index in [2.05, 4.69) is 87.6 Å². The molecule has 0 aliphatic carbocycles. The number of nitrogens with zero attached hydrogens (tertiary/aromatic N) is 1. The molecule has 0 aliphatic heterocycles. The molecule has 0 aromatic heterocycles. The van der Waals surface area contributed by atoms with Crippen LogP contribution in [-0.4, -0.2) is 24.1 Å². The van der Waals surface area contributed by atoms with Gasteiger partial charge in [0.05, 0.1) is 19.6 Å². The summed E-state index contributed by atoms with van der Waals surface area (Å²) in [5.41, 5.74) is 1.54. The van der Waals surface area contributed by atoms with E-state index >= 15 is 0 Å². The van der Waals surface area contributed by atoms with E-state index < -0.39 is 0 Å². The van der Waals surface area contributed by atoms with E-state index in [0.717, 1.165) is 0 Å². The van der Waals surface area contributed by atoms with Crippen LogP contribution >= 0.6 is 0 Å². The quantitative estimate of drug-likeness (QED) is 0.0515. The minimum absolute atomic E-state index is 1.22. The fraction of sp³-hybridized carbons (Fsp3) is 0.700. The molecule has 0 unspecified atom stereocenters. The summed E-state index contributed by atoms with van der Waals surface area (Å²) in [7, 11) is 0. The average Bonchev–Trinajstić information content (AvgIpc) is 2.99. The van der Waals surface area contributed by atoms with E-state index in [0.29, 0.717) is 0 Å². The fourth-order valence-corrected chi connectivity index (χ4v) is 5.94. The first-order valence-electron chi connectivity index (χ1n) is 18.1. The third-order valence-electron chi connectivity index (χ3n) is 8.49. The molecule has 1 heteroatoms. The molecule has 0 bridgehead atoms. The molecule has 0 aliphatic rings. The van der Waals surface area contributed by atoms with Gasteiger partial charge in [0.25, 0.3) is 0 Å². The maximum absolute atomic E-state index is 2.42. The zero-order chi connectivity index (χ0) is 29.5. The van der Waals surface area contributed by atoms with Crippen LogP contribution in [0.3, 0.4) is 0 Å². The molecular weight excluding hydrogens is 494 g/mol. The normalized spacial score (nSPS) is 12.5. The molecule has 0 fully saturated rings. The summed E-state index contributed by atoms with van der Waals surface area (Å²) in [6.45, 7) is 12.1. The van der Waals surface area contributed by atoms with Gasteiger partial charge in [-0.2, -0.15) is 0 Å². The molecule has 0 heterocycles. The third-order valence-corrected chi connectivity index (χ3v) is 8.49. The molecule has 1 aromatic rings. The van der Waals surface area contributed by atoms with Crippen LogP contribution in [0, 0.1) is 0 Å². The number of quaternary nitrogens is 1. The average molecular weight is 565 g/mol. The highest BCUT2D eigenvalue weighted by Gasteiger charge is 2.26. The van der Waals surface area contributed by atoms with Gasteiger partial charge in [-0.3, -0.25) is 0 Å². The second-order valence-corrected chi connectivity index (χ2v) is 12.5. The molecule has 0 atom stereocenters. The lowest BCUT2D eigenvalue weighted by Gasteiger charge is -2.39. The molecule has 1 aromatic carbocycles. The van der Waals surface area contributed by atoms with Crippen molar-refractivity contribution in [2.24, 2.45) is 0 Å². The molecule has 0 spiro atoms. The molecule has 41 heavy (non-hydrogen) atoms. The molecule has 1 rings (SSSR count). The number of rotatable bonds is 29. The molecule has 234 valence electrons. The smallest absolute Gasteiger partial charge is 0.104 e. The summed E-state index contributed by atoms with van der Waals surface area (Å²) in [4.78, 5) is 0. The van der Waals surface area contributed by atoms with E-state index in [4.69, 9.17) is 0 Å². The zero-order valence-electron chi connectivity index (χ0n) is 28.0. The van der Waals surface area contributed by atoms with Gasteiger partial charge in [0, 0.05) is 5.56 Å². The highest BCUT2D eigenvalue weighted by atomic mass is 15.3. The summed E-state index contributed by atoms with van der Waals surface area (Å²) >= 11 is 0. The summed E-state index contributed by atoms with van der Waals surface area (Å²) in [6.07, 6.45) is 42.3. The van der Waals surface area contributed by atoms with Crippen LogP contribution in [-0.2, 0) is 6.54 Å². The van der Waals surface area contributed by atoms with E-state index in [1.165, 1.54) is 171 Å². The molecule has 1 nitrogen and oxygen atoms in total. The number of allylic oxidation sites excluding steroid dienone is 6. The Balaban J connectivity index is 2.67. The number of benzene rings is 1. The fourth-order valence-electron chi connectivity index (χ4n) is 5.94. The van der Waals surface area contributed by atoms with Crippen LogP contribution in [0.5, 0.6) is 0 Å². The van der Waals surface area contributed by atoms with E-state index in [9.17, 15) is 0 Å². The Morgan fingerprint density at radius 2 is 0.756 bits per heavy atom. The third kappa shape index (κ3) is 22.6. The lowest BCUT2D eigenvalue weighted by molar-refractivity contribution is -0.941. The summed E-state index contributed by atoms with van der Waals surface area (Å²) < 4.78 is 1.31. The minimum atomic E-state index is 1.22. The maximum Gasteiger partial charge on any atom is 0.104 e. The standard InChI is InChI=1S/C40H70N/c1-4-7-10-13-16-19-22-25-31-36-41(39-40-34-29-28-30-35-40,37-32-26-23-20-17-14-11-8-5-2)38-33-27-24-21-18-15-12-9-6-3/h10-15,28-30,34-35H,4-9,16-27,31-33,36-39H2,1-3H3/q+1/b13-10+,14-11+,15-12+. The second-order valence-electron chi connectivity index (χ2n) is 12.5. The summed E-state index contributed by atoms with van der Waals surface area (Å²) in [5.74, 6) is 0. The van der Waals surface area contributed by atoms with Gasteiger partial charge in [0.1, 0.15) is 6.54 Å². The second kappa shape index (κ2) is 28.5. The van der Waals surface area contributed by atoms with Gasteiger partial charge in [-0.05, 0) is 96.3 Å². The Labute approximate surface area is 258 Å². The van der Waals surface area contributed by atoms with Gasteiger partial charge in [-0.15, -0.1) is 0 Å². The molecule has 0 amide bonds. The van der Waals surface area contributed by atoms with Crippen molar-refractivity contribution in [3.8, 4) is 0 Å². The lowest BCUT2D eigenvalue weighted by Crippen LogP contribution is -2.49. The molecular formula is C40H70N+. The van der Waals surface area contributed by atoms with Crippen LogP contribution in [0.2, 0.25) is 0 Å². The maximum atomic E-state index is 2.42. The van der Waals surface area contributed by atoms with Crippen molar-refractivity contribution in [2.75, 3.05) is 19.6 Å². The predicted molar refractivity (Wildman–Crippen MR) is 186 cm³/mol. The van der Waals surface area contributed by atoms with E-state index in [1.807, 2.05) is 0 Å². The number of unbranched alkanes of at least 4 members (excludes halogenated alkanes) is 15. The Bertz CT molecular complexity index is 674. The Kier molecular flexibility index (Phi) is 26.0. The Morgan fingerprint density at radius 3 is 1.12 bits per heavy atom. The van der Waals surface area contributed by atoms with Crippen LogP contribution in [0.4, 0.5) is 0 Å². The van der Waals surface area contributed by atoms with E-state index in [1.54, 1.807) is 0 Å². The van der Waals surface area contributed by atoms with Crippen molar-refractivity contribution < 1.29 is 4.48 Å². The van der Waals surface area contributed by atoms with Gasteiger partial charge >= 0.3 is 0 Å². The Morgan fingerprint density at radius 1 is 0.415 bits per heavy atom. The van der Waals surface area contributed by atoms with Crippen LogP contribution in [0.1, 0.15) is 161 Å². The monoisotopic (exact) mass is 565 g/mol. The lowest BCUT2D eigenvalue weighted by atomic mass is 10.0. The van der Waals surface area contributed by atoms with Crippen LogP contribution in [0.15, 0.2) is 66.8 Å². The highest BCUT2D eigenvalue weighted by molar-refractivity contribution is 5.13. The van der Waals surface area contributed by atoms with Crippen molar-refractivity contribution >= 4 is 0 Å². The highest BCUT2D eigenvalue weighted by Crippen LogP contribution is 2.22. The van der Waals surface area contributed by atoms with Crippen molar-refractivity contribution in [3.05, 3.63) is 72.4 Å². The van der Waals surface area contributed by atoms with Crippen molar-refractivity contribution in [1.82, 2.24) is 0 Å². The topological polar surface area (TPSA) is 0 Å². The summed E-state index contributed by atoms with van der Waals surface area (Å²) in [6, 6.07) is 11.4. The van der Waals surface area contributed by atoms with Crippen LogP contribution < -0.4 is 0 Å². The number of hydrogen-bond donors (Lipinski definition) is 0. The SMILES string of the molecule is CCC/C=C/CCCCCC[N+](CCCCCC/C=C/CCC)(CCCCCC/C=C/CCC)Cc1ccccc1. The van der Waals surface area contributed by atoms with Gasteiger partial charge in [-0.25, -0.2) is 0 Å². The molecule has 0 saturated heterocycles. The zero-order valence-corrected chi connectivity index (χ0v) is 28.0. The van der Waals surface area contributed by atoms with Crippen molar-refractivity contribution in [3.63, 3.8) is 0 Å². The first-order chi connectivity index (χ1) is 20.3. The molecule has 0 radical (unpaired) electrons. The minimum Gasteiger partial charge on any atom is -0.320 e. The number of hydrogen-bond acceptors (Lipinski definition) is 0. The molecule has 0 saturated carbocycles.